The van der Waals surface area contributed by atoms with Gasteiger partial charge in [-0.3, -0.25) is 0 Å². The molecule has 22 heavy (non-hydrogen) atoms. The second-order valence-corrected chi connectivity index (χ2v) is 6.36. The maximum Gasteiger partial charge on any atom is 0.0567 e. The first-order valence-electron chi connectivity index (χ1n) is 9.69. The smallest absolute Gasteiger partial charge is 0.0567 e. The Morgan fingerprint density at radius 2 is 1.91 bits per heavy atom. The summed E-state index contributed by atoms with van der Waals surface area (Å²) >= 11 is 7.83. The number of anilines is 2. The topological polar surface area (TPSA) is 6.48 Å². The lowest BCUT2D eigenvalue weighted by Gasteiger charge is -2.33. The summed E-state index contributed by atoms with van der Waals surface area (Å²) in [6.07, 6.45) is 0.377. The van der Waals surface area contributed by atoms with Crippen LogP contribution >= 0.6 is 35.8 Å². The minimum atomic E-state index is -2.66. The van der Waals surface area contributed by atoms with E-state index in [4.69, 9.17) is 19.8 Å². The highest BCUT2D eigenvalue weighted by Gasteiger charge is 2.22. The third kappa shape index (κ3) is 3.72. The summed E-state index contributed by atoms with van der Waals surface area (Å²) in [5, 5.41) is 0.616. The predicted octanol–water partition coefficient (Wildman–Crippen LogP) is 5.32. The van der Waals surface area contributed by atoms with E-state index in [1.54, 1.807) is 11.8 Å². The van der Waals surface area contributed by atoms with Gasteiger partial charge in [0.25, 0.3) is 0 Å². The molecule has 0 saturated carbocycles. The largest absolute Gasteiger partial charge is 0.340 e. The van der Waals surface area contributed by atoms with Crippen LogP contribution in [0.2, 0.25) is 5.02 Å². The normalized spacial score (nSPS) is 17.8. The molecule has 0 spiro atoms. The second kappa shape index (κ2) is 7.60. The second-order valence-electron chi connectivity index (χ2n) is 4.84. The van der Waals surface area contributed by atoms with Crippen molar-refractivity contribution in [2.75, 3.05) is 31.9 Å². The average molecular weight is 361 g/mol. The van der Waals surface area contributed by atoms with Gasteiger partial charge in [-0.05, 0) is 57.2 Å². The molecule has 0 aromatic heterocycles. The third-order valence-electron chi connectivity index (χ3n) is 3.35. The zero-order valence-corrected chi connectivity index (χ0v) is 14.1. The molecule has 0 unspecified atom stereocenters. The van der Waals surface area contributed by atoms with Crippen molar-refractivity contribution in [1.82, 2.24) is 4.90 Å². The van der Waals surface area contributed by atoms with Crippen LogP contribution in [-0.4, -0.2) is 31.9 Å². The summed E-state index contributed by atoms with van der Waals surface area (Å²) in [6, 6.07) is 13.6. The maximum atomic E-state index is 7.49. The van der Waals surface area contributed by atoms with Crippen molar-refractivity contribution in [1.29, 1.82) is 0 Å². The van der Waals surface area contributed by atoms with E-state index < -0.39 is 14.0 Å². The Labute approximate surface area is 156 Å². The summed E-state index contributed by atoms with van der Waals surface area (Å²) in [5.74, 6) is 0. The van der Waals surface area contributed by atoms with E-state index in [1.807, 2.05) is 42.5 Å². The molecule has 1 aliphatic heterocycles. The number of halogens is 2. The van der Waals surface area contributed by atoms with E-state index in [0.717, 1.165) is 21.2 Å². The zero-order chi connectivity index (χ0) is 19.8. The van der Waals surface area contributed by atoms with E-state index in [2.05, 4.69) is 4.90 Å². The Morgan fingerprint density at radius 3 is 2.73 bits per heavy atom. The van der Waals surface area contributed by atoms with Crippen molar-refractivity contribution in [3.05, 3.63) is 47.5 Å². The minimum Gasteiger partial charge on any atom is -0.340 e. The van der Waals surface area contributed by atoms with Gasteiger partial charge in [0, 0.05) is 29.6 Å². The lowest BCUT2D eigenvalue weighted by atomic mass is 10.2. The Morgan fingerprint density at radius 1 is 1.14 bits per heavy atom. The van der Waals surface area contributed by atoms with Crippen LogP contribution in [0.3, 0.4) is 0 Å². The first kappa shape index (κ1) is 10.8. The molecule has 0 amide bonds. The summed E-state index contributed by atoms with van der Waals surface area (Å²) < 4.78 is 45.0. The van der Waals surface area contributed by atoms with Crippen LogP contribution in [0.4, 0.5) is 11.4 Å². The number of rotatable bonds is 4. The van der Waals surface area contributed by atoms with Gasteiger partial charge < -0.3 is 9.80 Å². The van der Waals surface area contributed by atoms with Gasteiger partial charge in [0.05, 0.1) is 11.4 Å². The first-order valence-corrected chi connectivity index (χ1v) is 7.88. The molecule has 118 valence electrons. The molecule has 2 nitrogen and oxygen atoms in total. The van der Waals surface area contributed by atoms with Crippen LogP contribution < -0.4 is 4.90 Å². The molecule has 5 heteroatoms. The molecule has 1 heterocycles. The van der Waals surface area contributed by atoms with Gasteiger partial charge in [-0.25, -0.2) is 0 Å². The van der Waals surface area contributed by atoms with E-state index in [1.165, 1.54) is 0 Å². The van der Waals surface area contributed by atoms with Crippen molar-refractivity contribution < 1.29 is 8.22 Å². The number of para-hydroxylation sites is 1. The van der Waals surface area contributed by atoms with E-state index in [0.29, 0.717) is 22.9 Å². The van der Waals surface area contributed by atoms with Gasteiger partial charge in [-0.15, -0.1) is 12.4 Å². The Hall–Kier alpha value is -0.870. The number of fused-ring (bicyclic) bond motifs is 2. The molecule has 0 radical (unpaired) electrons. The summed E-state index contributed by atoms with van der Waals surface area (Å²) in [4.78, 5) is 4.82. The minimum absolute atomic E-state index is 0. The number of benzene rings is 2. The SMILES string of the molecule is Cl.[2H]C([2H])([2H])N(CCCN1c2ccccc2Sc2ccc(Cl)cc21)C([2H])([2H])[2H]. The van der Waals surface area contributed by atoms with Gasteiger partial charge in [0.15, 0.2) is 0 Å². The van der Waals surface area contributed by atoms with Gasteiger partial charge in [0.2, 0.25) is 0 Å². The van der Waals surface area contributed by atoms with Gasteiger partial charge in [-0.2, -0.15) is 0 Å². The molecular weight excluding hydrogens is 335 g/mol. The third-order valence-corrected chi connectivity index (χ3v) is 4.72. The maximum absolute atomic E-state index is 7.49. The highest BCUT2D eigenvalue weighted by atomic mass is 35.5. The fourth-order valence-electron chi connectivity index (χ4n) is 2.43. The van der Waals surface area contributed by atoms with E-state index in [9.17, 15) is 0 Å². The van der Waals surface area contributed by atoms with Gasteiger partial charge in [-0.1, -0.05) is 35.5 Å². The zero-order valence-electron chi connectivity index (χ0n) is 17.8. The predicted molar refractivity (Wildman–Crippen MR) is 99.4 cm³/mol. The molecular formula is C17H20Cl2N2S. The molecule has 0 saturated heterocycles. The fourth-order valence-corrected chi connectivity index (χ4v) is 3.67. The monoisotopic (exact) mass is 360 g/mol. The Balaban J connectivity index is 0.00000280. The molecule has 0 fully saturated rings. The quantitative estimate of drug-likeness (QED) is 0.728. The molecule has 0 aliphatic carbocycles. The van der Waals surface area contributed by atoms with Crippen LogP contribution in [0.5, 0.6) is 0 Å². The van der Waals surface area contributed by atoms with Gasteiger partial charge >= 0.3 is 0 Å². The van der Waals surface area contributed by atoms with Crippen LogP contribution in [-0.2, 0) is 0 Å². The number of nitrogens with zero attached hydrogens (tertiary/aromatic N) is 2. The molecule has 0 atom stereocenters. The van der Waals surface area contributed by atoms with Crippen LogP contribution in [0.25, 0.3) is 0 Å². The number of hydrogen-bond donors (Lipinski definition) is 0. The molecule has 0 bridgehead atoms. The van der Waals surface area contributed by atoms with Gasteiger partial charge in [0.1, 0.15) is 0 Å². The summed E-state index contributed by atoms with van der Waals surface area (Å²) in [6.45, 7) is -4.91. The molecule has 0 N–H and O–H groups in total. The van der Waals surface area contributed by atoms with Crippen LogP contribution in [0.15, 0.2) is 52.3 Å². The van der Waals surface area contributed by atoms with Crippen molar-refractivity contribution >= 4 is 47.1 Å². The molecule has 2 aromatic rings. The molecule has 2 aromatic carbocycles. The van der Waals surface area contributed by atoms with Crippen molar-refractivity contribution in [2.24, 2.45) is 0 Å². The molecule has 3 rings (SSSR count). The summed E-state index contributed by atoms with van der Waals surface area (Å²) in [7, 11) is 0. The van der Waals surface area contributed by atoms with Crippen LogP contribution in [0, 0.1) is 0 Å². The fraction of sp³-hybridized carbons (Fsp3) is 0.294. The molecule has 1 aliphatic rings. The van der Waals surface area contributed by atoms with Crippen molar-refractivity contribution in [2.45, 2.75) is 16.2 Å². The van der Waals surface area contributed by atoms with Crippen LogP contribution in [0.1, 0.15) is 14.6 Å². The highest BCUT2D eigenvalue weighted by Crippen LogP contribution is 2.48. The van der Waals surface area contributed by atoms with E-state index >= 15 is 0 Å². The van der Waals surface area contributed by atoms with E-state index in [-0.39, 0.29) is 19.0 Å². The highest BCUT2D eigenvalue weighted by molar-refractivity contribution is 7.99. The average Bonchev–Trinajstić information content (AvgIpc) is 2.55. The first-order chi connectivity index (χ1) is 12.6. The number of hydrogen-bond acceptors (Lipinski definition) is 3. The Bertz CT molecular complexity index is 814. The standard InChI is InChI=1S/C17H19ClN2S.ClH/c1-19(2)10-5-11-20-14-6-3-4-7-16(14)21-17-9-8-13(18)12-15(17)20;/h3-4,6-9,12H,5,10-11H2,1-2H3;1H/i1D3,2D3;. The summed E-state index contributed by atoms with van der Waals surface area (Å²) in [5.41, 5.74) is 1.95. The lowest BCUT2D eigenvalue weighted by molar-refractivity contribution is 0.402. The van der Waals surface area contributed by atoms with Crippen molar-refractivity contribution in [3.8, 4) is 0 Å². The Kier molecular flexibility index (Phi) is 3.74. The van der Waals surface area contributed by atoms with Crippen molar-refractivity contribution in [3.63, 3.8) is 0 Å². The lowest BCUT2D eigenvalue weighted by Crippen LogP contribution is -2.25.